The fourth-order valence-electron chi connectivity index (χ4n) is 12.8. The molecule has 6 fully saturated rings. The average molecular weight is 1260 g/mol. The lowest BCUT2D eigenvalue weighted by Gasteiger charge is -2.39. The Morgan fingerprint density at radius 1 is 0.385 bits per heavy atom. The van der Waals surface area contributed by atoms with Gasteiger partial charge in [0.2, 0.25) is 0 Å². The number of rotatable bonds is 18. The fraction of sp³-hybridized carbons (Fsp3) is 0.620. The van der Waals surface area contributed by atoms with Gasteiger partial charge in [0, 0.05) is 33.4 Å². The van der Waals surface area contributed by atoms with E-state index in [1.54, 1.807) is 41.5 Å². The standard InChI is InChI=1S/C14H20O2.2C14H22O2.C13H20O2.2C12H18O2/c1-11(2)13(15)16-14(9-5-6-10-14)12-7-3-4-8-12;1-10(2)13(15)16-14(11(3)4)8-6-12(5)7-9-14;1-11(2)10-14(8-6-5-7-9-14)16-13(15)12(3)4;1-4-8-13(9-6-5-7-10-13)15-12(14)11(2)3;1-9(2)11(13)14-12(10(3)4)7-5-6-8-12;1-4-7-12(8-5-6-9-12)14-11(13)10(2)3/h7H,1,3-6,8-10H2,2H3;12H,1,3,6-9H2,2,4-5H3;10H,3,5-9H2,1-2,4H3;4,8H,2,5-7,9-10H2,1,3H3;1,3,5-8H2,2,4H3;4,7H,2,5-6,8-9H2,1,3H3/b;;;8-4+;;7-4+. The van der Waals surface area contributed by atoms with E-state index in [1.165, 1.54) is 43.3 Å². The van der Waals surface area contributed by atoms with Gasteiger partial charge in [-0.15, -0.1) is 0 Å². The molecule has 0 radical (unpaired) electrons. The fourth-order valence-corrected chi connectivity index (χ4v) is 12.8. The Kier molecular flexibility index (Phi) is 34.3. The zero-order valence-electron chi connectivity index (χ0n) is 59.1. The van der Waals surface area contributed by atoms with Gasteiger partial charge in [-0.05, 0) is 297 Å². The monoisotopic (exact) mass is 1260 g/mol. The highest BCUT2D eigenvalue weighted by Gasteiger charge is 2.43. The van der Waals surface area contributed by atoms with E-state index in [0.717, 1.165) is 171 Å². The van der Waals surface area contributed by atoms with Gasteiger partial charge in [0.05, 0.1) is 0 Å². The maximum absolute atomic E-state index is 11.7. The van der Waals surface area contributed by atoms with E-state index in [4.69, 9.17) is 28.4 Å². The minimum absolute atomic E-state index is 0.227. The molecule has 12 nitrogen and oxygen atoms in total. The van der Waals surface area contributed by atoms with E-state index in [1.807, 2.05) is 65.8 Å². The highest BCUT2D eigenvalue weighted by atomic mass is 16.6. The summed E-state index contributed by atoms with van der Waals surface area (Å²) in [5.74, 6) is -0.905. The van der Waals surface area contributed by atoms with Crippen LogP contribution in [0.3, 0.4) is 0 Å². The predicted octanol–water partition coefficient (Wildman–Crippen LogP) is 20.3. The van der Waals surface area contributed by atoms with Crippen LogP contribution in [0, 0.1) is 5.92 Å². The third-order valence-corrected chi connectivity index (χ3v) is 18.3. The molecule has 0 aliphatic heterocycles. The average Bonchev–Trinajstić information content (AvgIpc) is 2.48. The molecular formula is C79H120O12. The van der Waals surface area contributed by atoms with Gasteiger partial charge >= 0.3 is 35.8 Å². The molecule has 0 bridgehead atoms. The SMILES string of the molecule is C=C(C)C(=O)OC1(/C=C/C)CCCC1.C=C(C)C(=O)OC1(/C=C/C)CCCCC1.C=C(C)C(=O)OC1(C(=C)C)CCC(C)CC1.C=C(C)C(=O)OC1(C(=C)C)CCCC1.C=C(C)C(=O)OC1(C2=CCCC2)CCCC1.C=C(C)C(=O)OC1(C=C(C)C)CCCCC1. The van der Waals surface area contributed by atoms with Crippen LogP contribution in [-0.2, 0) is 57.2 Å². The molecule has 91 heavy (non-hydrogen) atoms. The minimum Gasteiger partial charge on any atom is -0.451 e. The van der Waals surface area contributed by atoms with Crippen molar-refractivity contribution in [1.29, 1.82) is 0 Å². The molecule has 0 unspecified atom stereocenters. The molecule has 508 valence electrons. The van der Waals surface area contributed by atoms with Crippen molar-refractivity contribution < 1.29 is 57.2 Å². The maximum Gasteiger partial charge on any atom is 0.333 e. The lowest BCUT2D eigenvalue weighted by molar-refractivity contribution is -0.155. The van der Waals surface area contributed by atoms with Crippen LogP contribution in [0.15, 0.2) is 145 Å². The minimum atomic E-state index is -0.442. The van der Waals surface area contributed by atoms with Crippen LogP contribution in [0.4, 0.5) is 0 Å². The molecule has 0 spiro atoms. The lowest BCUT2D eigenvalue weighted by atomic mass is 9.76. The van der Waals surface area contributed by atoms with Crippen molar-refractivity contribution >= 4 is 35.8 Å². The molecule has 0 atom stereocenters. The summed E-state index contributed by atoms with van der Waals surface area (Å²) in [7, 11) is 0. The van der Waals surface area contributed by atoms with E-state index in [-0.39, 0.29) is 58.2 Å². The summed E-state index contributed by atoms with van der Waals surface area (Å²) >= 11 is 0. The van der Waals surface area contributed by atoms with Crippen molar-refractivity contribution in [2.75, 3.05) is 0 Å². The van der Waals surface area contributed by atoms with E-state index in [0.29, 0.717) is 33.4 Å². The smallest absolute Gasteiger partial charge is 0.333 e. The Balaban J connectivity index is 0.000000372. The number of carbonyl (C=O) groups excluding carboxylic acids is 6. The molecule has 0 saturated heterocycles. The molecule has 7 aliphatic rings. The summed E-state index contributed by atoms with van der Waals surface area (Å²) in [5, 5.41) is 0. The first-order chi connectivity index (χ1) is 42.6. The van der Waals surface area contributed by atoms with Gasteiger partial charge in [0.15, 0.2) is 0 Å². The second-order valence-corrected chi connectivity index (χ2v) is 27.5. The van der Waals surface area contributed by atoms with E-state index in [2.05, 4.69) is 71.7 Å². The second kappa shape index (κ2) is 38.7. The Labute approximate surface area is 551 Å². The van der Waals surface area contributed by atoms with E-state index in [9.17, 15) is 28.8 Å². The molecule has 0 N–H and O–H groups in total. The molecule has 0 aromatic rings. The molecule has 0 heterocycles. The van der Waals surface area contributed by atoms with Gasteiger partial charge in [-0.25, -0.2) is 28.8 Å². The van der Waals surface area contributed by atoms with Crippen molar-refractivity contribution in [1.82, 2.24) is 0 Å². The van der Waals surface area contributed by atoms with Crippen LogP contribution in [0.1, 0.15) is 276 Å². The summed E-state index contributed by atoms with van der Waals surface area (Å²) in [5.41, 5.74) is 5.13. The Hall–Kier alpha value is -6.30. The van der Waals surface area contributed by atoms with Gasteiger partial charge < -0.3 is 28.4 Å². The first-order valence-electron chi connectivity index (χ1n) is 33.9. The number of ether oxygens (including phenoxy) is 6. The summed E-state index contributed by atoms with van der Waals surface area (Å²) in [6.07, 6.45) is 43.0. The molecule has 12 heteroatoms. The predicted molar refractivity (Wildman–Crippen MR) is 372 cm³/mol. The Bertz CT molecular complexity index is 2690. The first kappa shape index (κ1) is 80.8. The van der Waals surface area contributed by atoms with Crippen molar-refractivity contribution in [3.63, 3.8) is 0 Å². The number of carbonyl (C=O) groups is 6. The van der Waals surface area contributed by atoms with Crippen molar-refractivity contribution in [3.05, 3.63) is 145 Å². The van der Waals surface area contributed by atoms with E-state index >= 15 is 0 Å². The zero-order valence-corrected chi connectivity index (χ0v) is 59.1. The Morgan fingerprint density at radius 3 is 1.00 bits per heavy atom. The highest BCUT2D eigenvalue weighted by molar-refractivity contribution is 5.89. The quantitative estimate of drug-likeness (QED) is 0.0554. The van der Waals surface area contributed by atoms with Crippen molar-refractivity contribution in [2.45, 2.75) is 310 Å². The number of esters is 6. The van der Waals surface area contributed by atoms with Gasteiger partial charge in [0.1, 0.15) is 33.6 Å². The number of hydrogen-bond acceptors (Lipinski definition) is 12. The first-order valence-corrected chi connectivity index (χ1v) is 33.9. The second-order valence-electron chi connectivity index (χ2n) is 27.5. The summed E-state index contributed by atoms with van der Waals surface area (Å²) in [6, 6.07) is 0. The van der Waals surface area contributed by atoms with Crippen molar-refractivity contribution in [3.8, 4) is 0 Å². The van der Waals surface area contributed by atoms with Crippen molar-refractivity contribution in [2.24, 2.45) is 5.92 Å². The Morgan fingerprint density at radius 2 is 0.681 bits per heavy atom. The maximum atomic E-state index is 11.7. The summed E-state index contributed by atoms with van der Waals surface area (Å²) in [6.45, 7) is 53.9. The van der Waals surface area contributed by atoms with Gasteiger partial charge in [-0.1, -0.05) is 96.2 Å². The zero-order chi connectivity index (χ0) is 68.8. The molecule has 7 rings (SSSR count). The van der Waals surface area contributed by atoms with Gasteiger partial charge in [0.25, 0.3) is 0 Å². The van der Waals surface area contributed by atoms with Crippen LogP contribution in [-0.4, -0.2) is 69.4 Å². The highest BCUT2D eigenvalue weighted by Crippen LogP contribution is 2.45. The van der Waals surface area contributed by atoms with Crippen LogP contribution in [0.2, 0.25) is 0 Å². The lowest BCUT2D eigenvalue weighted by Crippen LogP contribution is -2.39. The molecule has 6 saturated carbocycles. The molecular weight excluding hydrogens is 1140 g/mol. The van der Waals surface area contributed by atoms with Crippen LogP contribution in [0.5, 0.6) is 0 Å². The van der Waals surface area contributed by atoms with Crippen LogP contribution >= 0.6 is 0 Å². The normalized spacial score (nSPS) is 21.8. The molecule has 0 aromatic carbocycles. The topological polar surface area (TPSA) is 158 Å². The largest absolute Gasteiger partial charge is 0.451 e. The van der Waals surface area contributed by atoms with Gasteiger partial charge in [-0.3, -0.25) is 0 Å². The van der Waals surface area contributed by atoms with Gasteiger partial charge in [-0.2, -0.15) is 0 Å². The third kappa shape index (κ3) is 26.7. The number of hydrogen-bond donors (Lipinski definition) is 0. The van der Waals surface area contributed by atoms with E-state index < -0.39 is 11.2 Å². The van der Waals surface area contributed by atoms with Crippen LogP contribution < -0.4 is 0 Å². The summed E-state index contributed by atoms with van der Waals surface area (Å²) in [4.78, 5) is 69.4. The number of allylic oxidation sites excluding steroid dienone is 4. The third-order valence-electron chi connectivity index (χ3n) is 18.3. The molecule has 7 aliphatic carbocycles. The molecule has 0 aromatic heterocycles. The van der Waals surface area contributed by atoms with Crippen LogP contribution in [0.25, 0.3) is 0 Å². The molecule has 0 amide bonds. The summed E-state index contributed by atoms with van der Waals surface area (Å²) < 4.78 is 33.5.